The highest BCUT2D eigenvalue weighted by atomic mass is 32.1. The van der Waals surface area contributed by atoms with Crippen molar-refractivity contribution in [2.24, 2.45) is 11.8 Å². The van der Waals surface area contributed by atoms with E-state index in [1.54, 1.807) is 29.5 Å². The normalized spacial score (nSPS) is 21.5. The monoisotopic (exact) mass is 504 g/mol. The number of carboxylic acid groups (broad SMARTS) is 1. The number of ether oxygens (including phenoxy) is 1. The quantitative estimate of drug-likeness (QED) is 0.292. The maximum absolute atomic E-state index is 12.9. The van der Waals surface area contributed by atoms with E-state index in [2.05, 4.69) is 0 Å². The first kappa shape index (κ1) is 25.5. The second kappa shape index (κ2) is 11.9. The first-order chi connectivity index (χ1) is 17.4. The number of rotatable bonds is 10. The molecular formula is C29H28O6S. The highest BCUT2D eigenvalue weighted by Crippen LogP contribution is 2.38. The van der Waals surface area contributed by atoms with E-state index in [9.17, 15) is 24.6 Å². The summed E-state index contributed by atoms with van der Waals surface area (Å²) >= 11 is 1.59. The summed E-state index contributed by atoms with van der Waals surface area (Å²) in [5, 5.41) is 21.8. The van der Waals surface area contributed by atoms with Crippen LogP contribution in [-0.4, -0.2) is 40.1 Å². The summed E-state index contributed by atoms with van der Waals surface area (Å²) in [7, 11) is 0. The summed E-state index contributed by atoms with van der Waals surface area (Å²) in [6, 6.07) is 20.7. The molecule has 2 N–H and O–H groups in total. The zero-order valence-corrected chi connectivity index (χ0v) is 20.5. The Morgan fingerprint density at radius 2 is 1.69 bits per heavy atom. The molecule has 2 aromatic carbocycles. The molecule has 7 heteroatoms. The lowest BCUT2D eigenvalue weighted by Gasteiger charge is -2.21. The topological polar surface area (TPSA) is 101 Å². The zero-order chi connectivity index (χ0) is 25.5. The second-order valence-electron chi connectivity index (χ2n) is 8.93. The molecule has 1 aliphatic carbocycles. The predicted molar refractivity (Wildman–Crippen MR) is 138 cm³/mol. The van der Waals surface area contributed by atoms with Crippen LogP contribution >= 0.6 is 11.3 Å². The van der Waals surface area contributed by atoms with Gasteiger partial charge in [-0.05, 0) is 47.2 Å². The van der Waals surface area contributed by atoms with Gasteiger partial charge in [0, 0.05) is 29.6 Å². The van der Waals surface area contributed by atoms with Gasteiger partial charge in [0.2, 0.25) is 0 Å². The highest BCUT2D eigenvalue weighted by Gasteiger charge is 2.44. The minimum absolute atomic E-state index is 0.0968. The molecule has 186 valence electrons. The summed E-state index contributed by atoms with van der Waals surface area (Å²) in [6.45, 7) is 0. The van der Waals surface area contributed by atoms with Crippen molar-refractivity contribution >= 4 is 29.1 Å². The second-order valence-corrected chi connectivity index (χ2v) is 9.97. The van der Waals surface area contributed by atoms with Crippen molar-refractivity contribution in [2.45, 2.75) is 37.9 Å². The molecule has 0 unspecified atom stereocenters. The van der Waals surface area contributed by atoms with Crippen LogP contribution < -0.4 is 0 Å². The zero-order valence-electron chi connectivity index (χ0n) is 19.7. The van der Waals surface area contributed by atoms with Crippen molar-refractivity contribution < 1.29 is 29.3 Å². The number of benzene rings is 2. The Kier molecular flexibility index (Phi) is 8.46. The first-order valence-corrected chi connectivity index (χ1v) is 12.8. The maximum Gasteiger partial charge on any atom is 0.338 e. The van der Waals surface area contributed by atoms with E-state index >= 15 is 0 Å². The Morgan fingerprint density at radius 1 is 0.972 bits per heavy atom. The number of carbonyl (C=O) groups excluding carboxylic acids is 2. The van der Waals surface area contributed by atoms with Crippen LogP contribution in [0, 0.1) is 11.8 Å². The molecule has 6 nitrogen and oxygen atoms in total. The number of hydrogen-bond donors (Lipinski definition) is 2. The third-order valence-electron chi connectivity index (χ3n) is 6.49. The van der Waals surface area contributed by atoms with Gasteiger partial charge >= 0.3 is 11.9 Å². The summed E-state index contributed by atoms with van der Waals surface area (Å²) in [6.07, 6.45) is 2.15. The van der Waals surface area contributed by atoms with Gasteiger partial charge in [0.15, 0.2) is 5.78 Å². The van der Waals surface area contributed by atoms with Crippen LogP contribution in [0.5, 0.6) is 0 Å². The molecule has 0 radical (unpaired) electrons. The van der Waals surface area contributed by atoms with Crippen LogP contribution in [0.1, 0.15) is 34.5 Å². The molecule has 4 atom stereocenters. The Bertz CT molecular complexity index is 1200. The standard InChI is InChI=1S/C29H28O6S/c30-22(12-14-23-7-4-16-36-23)13-15-24-25(17-28(32)33)26(31)18-27(24)35-29(34)21-10-8-20(9-11-21)19-5-2-1-3-6-19/h1-11,13,15-16,24-27,31H,12,14,17-18H2,(H,32,33)/t24-,25-,26+,27-/m0/s1. The fourth-order valence-corrected chi connectivity index (χ4v) is 5.32. The smallest absolute Gasteiger partial charge is 0.338 e. The largest absolute Gasteiger partial charge is 0.481 e. The lowest BCUT2D eigenvalue weighted by atomic mass is 9.90. The summed E-state index contributed by atoms with van der Waals surface area (Å²) in [4.78, 5) is 37.8. The molecule has 0 amide bonds. The average Bonchev–Trinajstić information content (AvgIpc) is 3.50. The van der Waals surface area contributed by atoms with Gasteiger partial charge in [-0.3, -0.25) is 9.59 Å². The van der Waals surface area contributed by atoms with E-state index in [0.29, 0.717) is 18.4 Å². The Balaban J connectivity index is 1.44. The number of ketones is 1. The third-order valence-corrected chi connectivity index (χ3v) is 7.43. The number of aliphatic carboxylic acids is 1. The van der Waals surface area contributed by atoms with Gasteiger partial charge in [-0.2, -0.15) is 0 Å². The fraction of sp³-hybridized carbons (Fsp3) is 0.276. The first-order valence-electron chi connectivity index (χ1n) is 11.9. The van der Waals surface area contributed by atoms with E-state index < -0.39 is 36.0 Å². The van der Waals surface area contributed by atoms with E-state index in [4.69, 9.17) is 4.74 Å². The van der Waals surface area contributed by atoms with Gasteiger partial charge in [-0.1, -0.05) is 54.6 Å². The number of aliphatic hydroxyl groups excluding tert-OH is 1. The van der Waals surface area contributed by atoms with Crippen LogP contribution in [0.15, 0.2) is 84.3 Å². The van der Waals surface area contributed by atoms with E-state index in [1.165, 1.54) is 6.08 Å². The Morgan fingerprint density at radius 3 is 2.36 bits per heavy atom. The van der Waals surface area contributed by atoms with Crippen LogP contribution in [0.25, 0.3) is 11.1 Å². The average molecular weight is 505 g/mol. The van der Waals surface area contributed by atoms with Gasteiger partial charge in [0.1, 0.15) is 6.10 Å². The van der Waals surface area contributed by atoms with Crippen LogP contribution in [0.2, 0.25) is 0 Å². The Hall–Kier alpha value is -3.55. The minimum Gasteiger partial charge on any atom is -0.481 e. The van der Waals surface area contributed by atoms with Crippen molar-refractivity contribution in [1.82, 2.24) is 0 Å². The molecule has 4 rings (SSSR count). The SMILES string of the molecule is O=C(O)C[C@H]1[C@H](C=CC(=O)CCc2cccs2)[C@@H](OC(=O)c2ccc(-c3ccccc3)cc2)C[C@H]1O. The van der Waals surface area contributed by atoms with E-state index in [-0.39, 0.29) is 18.6 Å². The van der Waals surface area contributed by atoms with Gasteiger partial charge in [-0.15, -0.1) is 11.3 Å². The molecule has 1 saturated carbocycles. The molecule has 1 heterocycles. The van der Waals surface area contributed by atoms with Gasteiger partial charge in [-0.25, -0.2) is 4.79 Å². The summed E-state index contributed by atoms with van der Waals surface area (Å²) in [5.41, 5.74) is 2.36. The maximum atomic E-state index is 12.9. The van der Waals surface area contributed by atoms with Gasteiger partial charge in [0.25, 0.3) is 0 Å². The summed E-state index contributed by atoms with van der Waals surface area (Å²) < 4.78 is 5.74. The number of allylic oxidation sites excluding steroid dienone is 1. The predicted octanol–water partition coefficient (Wildman–Crippen LogP) is 5.17. The lowest BCUT2D eigenvalue weighted by molar-refractivity contribution is -0.139. The molecule has 36 heavy (non-hydrogen) atoms. The fourth-order valence-electron chi connectivity index (χ4n) is 4.61. The molecule has 1 aliphatic rings. The number of aliphatic hydroxyl groups is 1. The number of hydrogen-bond acceptors (Lipinski definition) is 6. The van der Waals surface area contributed by atoms with Crippen molar-refractivity contribution in [3.8, 4) is 11.1 Å². The minimum atomic E-state index is -1.05. The number of thiophene rings is 1. The molecule has 3 aromatic rings. The Labute approximate surface area is 213 Å². The molecular weight excluding hydrogens is 476 g/mol. The lowest BCUT2D eigenvalue weighted by Crippen LogP contribution is -2.26. The van der Waals surface area contributed by atoms with Gasteiger partial charge < -0.3 is 14.9 Å². The van der Waals surface area contributed by atoms with E-state index in [1.807, 2.05) is 60.0 Å². The summed E-state index contributed by atoms with van der Waals surface area (Å²) in [5.74, 6) is -2.92. The number of carboxylic acids is 1. The number of esters is 1. The number of aryl methyl sites for hydroxylation is 1. The molecule has 1 fully saturated rings. The van der Waals surface area contributed by atoms with Crippen molar-refractivity contribution in [3.05, 3.63) is 94.7 Å². The molecule has 1 aromatic heterocycles. The number of carbonyl (C=O) groups is 3. The van der Waals surface area contributed by atoms with Crippen LogP contribution in [-0.2, 0) is 20.7 Å². The highest BCUT2D eigenvalue weighted by molar-refractivity contribution is 7.09. The molecule has 0 spiro atoms. The van der Waals surface area contributed by atoms with Gasteiger partial charge in [0.05, 0.1) is 18.1 Å². The van der Waals surface area contributed by atoms with Crippen molar-refractivity contribution in [3.63, 3.8) is 0 Å². The van der Waals surface area contributed by atoms with Crippen LogP contribution in [0.3, 0.4) is 0 Å². The molecule has 0 saturated heterocycles. The van der Waals surface area contributed by atoms with Crippen LogP contribution in [0.4, 0.5) is 0 Å². The third kappa shape index (κ3) is 6.56. The van der Waals surface area contributed by atoms with E-state index in [0.717, 1.165) is 16.0 Å². The molecule has 0 aliphatic heterocycles. The molecule has 0 bridgehead atoms. The van der Waals surface area contributed by atoms with Crippen molar-refractivity contribution in [2.75, 3.05) is 0 Å². The van der Waals surface area contributed by atoms with Crippen molar-refractivity contribution in [1.29, 1.82) is 0 Å².